The van der Waals surface area contributed by atoms with Crippen LogP contribution in [0.25, 0.3) is 16.9 Å². The topological polar surface area (TPSA) is 29.9 Å². The van der Waals surface area contributed by atoms with Gasteiger partial charge in [-0.05, 0) is 19.1 Å². The van der Waals surface area contributed by atoms with Gasteiger partial charge in [0.15, 0.2) is 0 Å². The Bertz CT molecular complexity index is 772. The lowest BCUT2D eigenvalue weighted by Gasteiger charge is -2.22. The van der Waals surface area contributed by atoms with Gasteiger partial charge in [-0.3, -0.25) is 4.57 Å². The van der Waals surface area contributed by atoms with Gasteiger partial charge in [-0.15, -0.1) is 0 Å². The summed E-state index contributed by atoms with van der Waals surface area (Å²) in [5.74, 6) is 1.04. The second-order valence-electron chi connectivity index (χ2n) is 5.03. The monoisotopic (exact) mass is 261 g/mol. The zero-order valence-electron chi connectivity index (χ0n) is 11.3. The van der Waals surface area contributed by atoms with Crippen molar-refractivity contribution < 1.29 is 0 Å². The minimum absolute atomic E-state index is 0.808. The van der Waals surface area contributed by atoms with E-state index in [1.807, 2.05) is 6.07 Å². The third kappa shape index (κ3) is 1.56. The van der Waals surface area contributed by atoms with Gasteiger partial charge in [0.1, 0.15) is 5.82 Å². The second-order valence-corrected chi connectivity index (χ2v) is 5.03. The van der Waals surface area contributed by atoms with E-state index in [0.717, 1.165) is 18.1 Å². The van der Waals surface area contributed by atoms with Crippen molar-refractivity contribution in [1.82, 2.24) is 9.55 Å². The molecule has 3 nitrogen and oxygen atoms in total. The number of anilines is 1. The predicted octanol–water partition coefficient (Wildman–Crippen LogP) is 3.77. The number of aromatic nitrogens is 2. The molecular weight excluding hydrogens is 246 g/mol. The lowest BCUT2D eigenvalue weighted by Crippen LogP contribution is -2.15. The van der Waals surface area contributed by atoms with E-state index in [4.69, 9.17) is 4.98 Å². The number of aryl methyl sites for hydroxylation is 1. The number of hydrogen-bond acceptors (Lipinski definition) is 2. The summed E-state index contributed by atoms with van der Waals surface area (Å²) < 4.78 is 2.26. The summed E-state index contributed by atoms with van der Waals surface area (Å²) in [6, 6.07) is 18.7. The zero-order chi connectivity index (χ0) is 13.5. The van der Waals surface area contributed by atoms with Gasteiger partial charge in [-0.2, -0.15) is 0 Å². The van der Waals surface area contributed by atoms with Crippen molar-refractivity contribution in [3.8, 4) is 16.9 Å². The Labute approximate surface area is 117 Å². The van der Waals surface area contributed by atoms with E-state index in [0.29, 0.717) is 0 Å². The molecule has 1 aliphatic heterocycles. The third-order valence-corrected chi connectivity index (χ3v) is 3.78. The second kappa shape index (κ2) is 4.23. The Balaban J connectivity index is 1.97. The Morgan fingerprint density at radius 2 is 1.75 bits per heavy atom. The van der Waals surface area contributed by atoms with E-state index >= 15 is 0 Å². The van der Waals surface area contributed by atoms with Gasteiger partial charge in [-0.1, -0.05) is 42.5 Å². The van der Waals surface area contributed by atoms with Crippen molar-refractivity contribution in [3.63, 3.8) is 0 Å². The van der Waals surface area contributed by atoms with Crippen LogP contribution in [0.3, 0.4) is 0 Å². The van der Waals surface area contributed by atoms with Crippen LogP contribution in [-0.2, 0) is 6.54 Å². The number of nitrogens with one attached hydrogen (secondary N) is 1. The van der Waals surface area contributed by atoms with Crippen LogP contribution in [-0.4, -0.2) is 9.55 Å². The molecule has 0 spiro atoms. The molecule has 1 aliphatic rings. The van der Waals surface area contributed by atoms with Gasteiger partial charge < -0.3 is 5.32 Å². The Hall–Kier alpha value is -2.55. The van der Waals surface area contributed by atoms with Crippen LogP contribution in [0.1, 0.15) is 11.5 Å². The van der Waals surface area contributed by atoms with Gasteiger partial charge in [0.2, 0.25) is 0 Å². The molecule has 0 atom stereocenters. The van der Waals surface area contributed by atoms with E-state index in [1.54, 1.807) is 0 Å². The predicted molar refractivity (Wildman–Crippen MR) is 81.1 cm³/mol. The Kier molecular flexibility index (Phi) is 2.39. The molecule has 0 unspecified atom stereocenters. The molecule has 0 saturated heterocycles. The summed E-state index contributed by atoms with van der Waals surface area (Å²) in [5, 5.41) is 3.48. The van der Waals surface area contributed by atoms with Crippen molar-refractivity contribution in [1.29, 1.82) is 0 Å². The zero-order valence-corrected chi connectivity index (χ0v) is 11.3. The summed E-state index contributed by atoms with van der Waals surface area (Å²) in [7, 11) is 0. The molecule has 0 saturated carbocycles. The fourth-order valence-corrected chi connectivity index (χ4v) is 2.88. The van der Waals surface area contributed by atoms with Gasteiger partial charge in [-0.25, -0.2) is 4.98 Å². The van der Waals surface area contributed by atoms with Crippen LogP contribution in [0.2, 0.25) is 0 Å². The molecule has 0 aliphatic carbocycles. The molecule has 3 heteroatoms. The average molecular weight is 261 g/mol. The van der Waals surface area contributed by atoms with Crippen molar-refractivity contribution in [2.45, 2.75) is 13.5 Å². The summed E-state index contributed by atoms with van der Waals surface area (Å²) >= 11 is 0. The molecule has 4 rings (SSSR count). The maximum atomic E-state index is 4.78. The maximum Gasteiger partial charge on any atom is 0.111 e. The van der Waals surface area contributed by atoms with E-state index in [9.17, 15) is 0 Å². The first kappa shape index (κ1) is 11.3. The highest BCUT2D eigenvalue weighted by atomic mass is 15.2. The standard InChI is InChI=1S/C17H15N3/c1-12-19-17(13-7-3-2-4-8-13)16-11-18-14-9-5-6-10-15(14)20(12)16/h2-10,18H,11H2,1H3. The fourth-order valence-electron chi connectivity index (χ4n) is 2.88. The first-order chi connectivity index (χ1) is 9.84. The molecular formula is C17H15N3. The normalized spacial score (nSPS) is 12.4. The number of para-hydroxylation sites is 2. The van der Waals surface area contributed by atoms with Crippen molar-refractivity contribution in [3.05, 3.63) is 66.1 Å². The molecule has 0 fully saturated rings. The van der Waals surface area contributed by atoms with E-state index in [-0.39, 0.29) is 0 Å². The molecule has 0 amide bonds. The smallest absolute Gasteiger partial charge is 0.111 e. The number of imidazole rings is 1. The van der Waals surface area contributed by atoms with Crippen molar-refractivity contribution >= 4 is 5.69 Å². The van der Waals surface area contributed by atoms with E-state index in [2.05, 4.69) is 65.3 Å². The number of fused-ring (bicyclic) bond motifs is 3. The van der Waals surface area contributed by atoms with Gasteiger partial charge >= 0.3 is 0 Å². The van der Waals surface area contributed by atoms with Gasteiger partial charge in [0.05, 0.1) is 29.3 Å². The number of rotatable bonds is 1. The molecule has 2 heterocycles. The highest BCUT2D eigenvalue weighted by Gasteiger charge is 2.22. The van der Waals surface area contributed by atoms with Crippen molar-refractivity contribution in [2.75, 3.05) is 5.32 Å². The molecule has 1 N–H and O–H groups in total. The van der Waals surface area contributed by atoms with Crippen LogP contribution in [0.4, 0.5) is 5.69 Å². The SMILES string of the molecule is Cc1nc(-c2ccccc2)c2n1-c1ccccc1NC2. The molecule has 0 bridgehead atoms. The van der Waals surface area contributed by atoms with Crippen LogP contribution < -0.4 is 5.32 Å². The summed E-state index contributed by atoms with van der Waals surface area (Å²) in [6.07, 6.45) is 0. The molecule has 2 aromatic carbocycles. The minimum Gasteiger partial charge on any atom is -0.378 e. The lowest BCUT2D eigenvalue weighted by atomic mass is 10.1. The minimum atomic E-state index is 0.808. The third-order valence-electron chi connectivity index (χ3n) is 3.78. The van der Waals surface area contributed by atoms with Gasteiger partial charge in [0.25, 0.3) is 0 Å². The Morgan fingerprint density at radius 1 is 1.00 bits per heavy atom. The largest absolute Gasteiger partial charge is 0.378 e. The lowest BCUT2D eigenvalue weighted by molar-refractivity contribution is 0.872. The van der Waals surface area contributed by atoms with E-state index < -0.39 is 0 Å². The number of benzene rings is 2. The molecule has 1 aromatic heterocycles. The summed E-state index contributed by atoms with van der Waals surface area (Å²) in [6.45, 7) is 2.88. The van der Waals surface area contributed by atoms with Crippen LogP contribution >= 0.6 is 0 Å². The summed E-state index contributed by atoms with van der Waals surface area (Å²) in [5.41, 5.74) is 5.82. The quantitative estimate of drug-likeness (QED) is 0.722. The number of nitrogens with zero attached hydrogens (tertiary/aromatic N) is 2. The maximum absolute atomic E-state index is 4.78. The van der Waals surface area contributed by atoms with Gasteiger partial charge in [0, 0.05) is 5.56 Å². The van der Waals surface area contributed by atoms with E-state index in [1.165, 1.54) is 22.6 Å². The molecule has 98 valence electrons. The molecule has 20 heavy (non-hydrogen) atoms. The fraction of sp³-hybridized carbons (Fsp3) is 0.118. The first-order valence-electron chi connectivity index (χ1n) is 6.81. The van der Waals surface area contributed by atoms with Crippen LogP contribution in [0.15, 0.2) is 54.6 Å². The highest BCUT2D eigenvalue weighted by Crippen LogP contribution is 2.33. The Morgan fingerprint density at radius 3 is 2.60 bits per heavy atom. The van der Waals surface area contributed by atoms with Crippen LogP contribution in [0, 0.1) is 6.92 Å². The molecule has 3 aromatic rings. The summed E-state index contributed by atoms with van der Waals surface area (Å²) in [4.78, 5) is 4.78. The number of hydrogen-bond donors (Lipinski definition) is 1. The van der Waals surface area contributed by atoms with Crippen LogP contribution in [0.5, 0.6) is 0 Å². The molecule has 0 radical (unpaired) electrons. The van der Waals surface area contributed by atoms with Crippen molar-refractivity contribution in [2.24, 2.45) is 0 Å². The average Bonchev–Trinajstić information content (AvgIpc) is 2.86. The first-order valence-corrected chi connectivity index (χ1v) is 6.81. The highest BCUT2D eigenvalue weighted by molar-refractivity contribution is 5.70.